The third-order valence-electron chi connectivity index (χ3n) is 3.37. The van der Waals surface area contributed by atoms with Crippen LogP contribution >= 0.6 is 0 Å². The Morgan fingerprint density at radius 1 is 1.26 bits per heavy atom. The molecule has 126 valence electrons. The molecule has 5 heteroatoms. The van der Waals surface area contributed by atoms with Crippen molar-refractivity contribution in [1.29, 1.82) is 0 Å². The summed E-state index contributed by atoms with van der Waals surface area (Å²) >= 11 is 0. The van der Waals surface area contributed by atoms with Crippen molar-refractivity contribution in [2.24, 2.45) is 0 Å². The maximum absolute atomic E-state index is 12.3. The van der Waals surface area contributed by atoms with Gasteiger partial charge in [0.05, 0.1) is 31.9 Å². The van der Waals surface area contributed by atoms with E-state index in [-0.39, 0.29) is 12.6 Å². The van der Waals surface area contributed by atoms with Gasteiger partial charge in [0.2, 0.25) is 0 Å². The van der Waals surface area contributed by atoms with Crippen LogP contribution in [0.5, 0.6) is 0 Å². The molecule has 1 aromatic carbocycles. The molecule has 1 aliphatic heterocycles. The molecule has 23 heavy (non-hydrogen) atoms. The second-order valence-electron chi connectivity index (χ2n) is 6.65. The summed E-state index contributed by atoms with van der Waals surface area (Å²) in [5.41, 5.74) is 0.509. The molecule has 0 aromatic heterocycles. The van der Waals surface area contributed by atoms with E-state index in [1.54, 1.807) is 12.2 Å². The Kier molecular flexibility index (Phi) is 5.80. The van der Waals surface area contributed by atoms with Crippen LogP contribution in [0.25, 0.3) is 0 Å². The van der Waals surface area contributed by atoms with Gasteiger partial charge in [-0.2, -0.15) is 0 Å². The predicted octanol–water partition coefficient (Wildman–Crippen LogP) is 2.74. The van der Waals surface area contributed by atoms with E-state index in [0.717, 1.165) is 5.56 Å². The Hall–Kier alpha value is -1.85. The minimum Gasteiger partial charge on any atom is -0.444 e. The van der Waals surface area contributed by atoms with Crippen LogP contribution in [0.4, 0.5) is 4.79 Å². The number of β-amino-alcohol motifs (C(OH)–C–C–N with tert-alkyl or cyclic N) is 1. The molecular weight excluding hydrogens is 294 g/mol. The smallest absolute Gasteiger partial charge is 0.410 e. The van der Waals surface area contributed by atoms with Gasteiger partial charge in [-0.3, -0.25) is 4.90 Å². The molecular formula is C18H25NO4. The largest absolute Gasteiger partial charge is 0.444 e. The van der Waals surface area contributed by atoms with Crippen LogP contribution in [0.1, 0.15) is 26.3 Å². The summed E-state index contributed by atoms with van der Waals surface area (Å²) in [4.78, 5) is 13.8. The second-order valence-corrected chi connectivity index (χ2v) is 6.65. The standard InChI is InChI=1S/C18H25NO4/c1-18(2,3)23-17(21)19-11-16(20)10-9-15(19)13-22-12-14-7-5-4-6-8-14/h4-10,15-16,20H,11-13H2,1-3H3/t15-,16+/m1/s1. The van der Waals surface area contributed by atoms with E-state index in [0.29, 0.717) is 13.2 Å². The summed E-state index contributed by atoms with van der Waals surface area (Å²) in [6.07, 6.45) is 2.38. The molecule has 0 saturated heterocycles. The predicted molar refractivity (Wildman–Crippen MR) is 88.0 cm³/mol. The van der Waals surface area contributed by atoms with Crippen molar-refractivity contribution in [2.75, 3.05) is 13.2 Å². The van der Waals surface area contributed by atoms with Crippen molar-refractivity contribution in [1.82, 2.24) is 4.90 Å². The van der Waals surface area contributed by atoms with E-state index in [1.165, 1.54) is 4.90 Å². The van der Waals surface area contributed by atoms with E-state index in [4.69, 9.17) is 9.47 Å². The highest BCUT2D eigenvalue weighted by molar-refractivity contribution is 5.69. The molecule has 5 nitrogen and oxygen atoms in total. The Bertz CT molecular complexity index is 536. The molecule has 1 aliphatic rings. The van der Waals surface area contributed by atoms with Crippen LogP contribution in [0.15, 0.2) is 42.5 Å². The van der Waals surface area contributed by atoms with Gasteiger partial charge in [-0.15, -0.1) is 0 Å². The fourth-order valence-corrected chi connectivity index (χ4v) is 2.31. The maximum atomic E-state index is 12.3. The second kappa shape index (κ2) is 7.62. The van der Waals surface area contributed by atoms with Gasteiger partial charge < -0.3 is 14.6 Å². The first kappa shape index (κ1) is 17.5. The maximum Gasteiger partial charge on any atom is 0.410 e. The van der Waals surface area contributed by atoms with Gasteiger partial charge >= 0.3 is 6.09 Å². The van der Waals surface area contributed by atoms with E-state index < -0.39 is 17.8 Å². The van der Waals surface area contributed by atoms with Crippen molar-refractivity contribution in [3.8, 4) is 0 Å². The first-order valence-corrected chi connectivity index (χ1v) is 7.83. The quantitative estimate of drug-likeness (QED) is 0.867. The molecule has 2 rings (SSSR count). The fourth-order valence-electron chi connectivity index (χ4n) is 2.31. The van der Waals surface area contributed by atoms with Crippen LogP contribution in [-0.2, 0) is 16.1 Å². The van der Waals surface area contributed by atoms with Gasteiger partial charge in [-0.25, -0.2) is 4.79 Å². The Labute approximate surface area is 137 Å². The lowest BCUT2D eigenvalue weighted by atomic mass is 10.1. The molecule has 2 atom stereocenters. The molecule has 0 aliphatic carbocycles. The molecule has 0 saturated carbocycles. The zero-order chi connectivity index (χ0) is 16.9. The molecule has 1 N–H and O–H groups in total. The van der Waals surface area contributed by atoms with E-state index in [9.17, 15) is 9.90 Å². The highest BCUT2D eigenvalue weighted by Gasteiger charge is 2.31. The third-order valence-corrected chi connectivity index (χ3v) is 3.37. The fraction of sp³-hybridized carbons (Fsp3) is 0.500. The first-order chi connectivity index (χ1) is 10.8. The Morgan fingerprint density at radius 2 is 1.96 bits per heavy atom. The SMILES string of the molecule is CC(C)(C)OC(=O)N1C[C@@H](O)C=C[C@@H]1COCc1ccccc1. The average molecular weight is 319 g/mol. The number of hydrogen-bond acceptors (Lipinski definition) is 4. The molecule has 0 spiro atoms. The summed E-state index contributed by atoms with van der Waals surface area (Å²) in [6, 6.07) is 9.62. The number of carbonyl (C=O) groups is 1. The molecule has 0 unspecified atom stereocenters. The summed E-state index contributed by atoms with van der Waals surface area (Å²) in [5, 5.41) is 9.77. The number of hydrogen-bond donors (Lipinski definition) is 1. The third kappa shape index (κ3) is 5.69. The van der Waals surface area contributed by atoms with E-state index in [1.807, 2.05) is 51.1 Å². The van der Waals surface area contributed by atoms with Crippen LogP contribution < -0.4 is 0 Å². The van der Waals surface area contributed by atoms with Crippen molar-refractivity contribution in [2.45, 2.75) is 45.1 Å². The van der Waals surface area contributed by atoms with Crippen molar-refractivity contribution < 1.29 is 19.4 Å². The van der Waals surface area contributed by atoms with Gasteiger partial charge in [0.15, 0.2) is 0 Å². The molecule has 1 aromatic rings. The van der Waals surface area contributed by atoms with Crippen molar-refractivity contribution in [3.05, 3.63) is 48.0 Å². The van der Waals surface area contributed by atoms with Crippen LogP contribution in [0.3, 0.4) is 0 Å². The van der Waals surface area contributed by atoms with Gasteiger partial charge in [-0.05, 0) is 26.3 Å². The zero-order valence-corrected chi connectivity index (χ0v) is 13.9. The average Bonchev–Trinajstić information content (AvgIpc) is 2.48. The van der Waals surface area contributed by atoms with Gasteiger partial charge in [0, 0.05) is 0 Å². The highest BCUT2D eigenvalue weighted by Crippen LogP contribution is 2.17. The lowest BCUT2D eigenvalue weighted by Gasteiger charge is -2.35. The number of aliphatic hydroxyl groups is 1. The van der Waals surface area contributed by atoms with Gasteiger partial charge in [0.1, 0.15) is 5.60 Å². The lowest BCUT2D eigenvalue weighted by Crippen LogP contribution is -2.49. The number of benzene rings is 1. The van der Waals surface area contributed by atoms with Crippen molar-refractivity contribution >= 4 is 6.09 Å². The zero-order valence-electron chi connectivity index (χ0n) is 13.9. The van der Waals surface area contributed by atoms with Crippen LogP contribution in [-0.4, -0.2) is 47.0 Å². The van der Waals surface area contributed by atoms with Crippen LogP contribution in [0.2, 0.25) is 0 Å². The van der Waals surface area contributed by atoms with Gasteiger partial charge in [-0.1, -0.05) is 42.5 Å². The number of amides is 1. The minimum absolute atomic E-state index is 0.213. The van der Waals surface area contributed by atoms with E-state index >= 15 is 0 Å². The van der Waals surface area contributed by atoms with Crippen LogP contribution in [0, 0.1) is 0 Å². The highest BCUT2D eigenvalue weighted by atomic mass is 16.6. The first-order valence-electron chi connectivity index (χ1n) is 7.83. The molecule has 0 bridgehead atoms. The lowest BCUT2D eigenvalue weighted by molar-refractivity contribution is -0.00517. The minimum atomic E-state index is -0.673. The number of ether oxygens (including phenoxy) is 2. The summed E-state index contributed by atoms with van der Waals surface area (Å²) in [5.74, 6) is 0. The molecule has 1 amide bonds. The summed E-state index contributed by atoms with van der Waals surface area (Å²) < 4.78 is 11.1. The molecule has 0 radical (unpaired) electrons. The Morgan fingerprint density at radius 3 is 2.61 bits per heavy atom. The van der Waals surface area contributed by atoms with Gasteiger partial charge in [0.25, 0.3) is 0 Å². The Balaban J connectivity index is 1.94. The number of nitrogens with zero attached hydrogens (tertiary/aromatic N) is 1. The number of carbonyl (C=O) groups excluding carboxylic acids is 1. The van der Waals surface area contributed by atoms with E-state index in [2.05, 4.69) is 0 Å². The molecule has 0 fully saturated rings. The number of rotatable bonds is 4. The summed E-state index contributed by atoms with van der Waals surface area (Å²) in [6.45, 7) is 6.52. The number of aliphatic hydroxyl groups excluding tert-OH is 1. The topological polar surface area (TPSA) is 59.0 Å². The summed E-state index contributed by atoms with van der Waals surface area (Å²) in [7, 11) is 0. The normalized spacial score (nSPS) is 21.3. The van der Waals surface area contributed by atoms with Crippen molar-refractivity contribution in [3.63, 3.8) is 0 Å². The monoisotopic (exact) mass is 319 g/mol. The molecule has 1 heterocycles.